The monoisotopic (exact) mass is 223 g/mol. The summed E-state index contributed by atoms with van der Waals surface area (Å²) in [5.74, 6) is 0.390. The van der Waals surface area contributed by atoms with E-state index in [1.165, 1.54) is 13.8 Å². The largest absolute Gasteiger partial charge is 0.497 e. The number of carbonyl (C=O) groups is 1. The Kier molecular flexibility index (Phi) is 3.90. The van der Waals surface area contributed by atoms with Crippen LogP contribution in [0.2, 0.25) is 0 Å². The maximum atomic E-state index is 11.4. The molecule has 0 fully saturated rings. The SMILES string of the molecule is COc1ccc(CNC(=O)C(C)(C)O)cc1. The van der Waals surface area contributed by atoms with Gasteiger partial charge in [0.25, 0.3) is 5.91 Å². The summed E-state index contributed by atoms with van der Waals surface area (Å²) in [4.78, 5) is 11.4. The molecule has 16 heavy (non-hydrogen) atoms. The third-order valence-electron chi connectivity index (χ3n) is 2.17. The van der Waals surface area contributed by atoms with Gasteiger partial charge in [0.15, 0.2) is 0 Å². The van der Waals surface area contributed by atoms with Crippen LogP contribution in [0.3, 0.4) is 0 Å². The van der Waals surface area contributed by atoms with Gasteiger partial charge in [-0.2, -0.15) is 0 Å². The van der Waals surface area contributed by atoms with Gasteiger partial charge in [0.2, 0.25) is 0 Å². The number of hydrogen-bond acceptors (Lipinski definition) is 3. The Hall–Kier alpha value is -1.55. The predicted octanol–water partition coefficient (Wildman–Crippen LogP) is 1.08. The Morgan fingerprint density at radius 3 is 2.38 bits per heavy atom. The average Bonchev–Trinajstić information content (AvgIpc) is 2.25. The fourth-order valence-electron chi connectivity index (χ4n) is 1.14. The lowest BCUT2D eigenvalue weighted by molar-refractivity contribution is -0.136. The maximum Gasteiger partial charge on any atom is 0.251 e. The Balaban J connectivity index is 2.52. The lowest BCUT2D eigenvalue weighted by Crippen LogP contribution is -2.41. The molecule has 4 heteroatoms. The van der Waals surface area contributed by atoms with Crippen LogP contribution < -0.4 is 10.1 Å². The van der Waals surface area contributed by atoms with Crippen LogP contribution in [0, 0.1) is 0 Å². The standard InChI is InChI=1S/C12H17NO3/c1-12(2,15)11(14)13-8-9-4-6-10(16-3)7-5-9/h4-7,15H,8H2,1-3H3,(H,13,14). The third-order valence-corrected chi connectivity index (χ3v) is 2.17. The summed E-state index contributed by atoms with van der Waals surface area (Å²) in [5, 5.41) is 12.1. The van der Waals surface area contributed by atoms with Crippen molar-refractivity contribution in [1.82, 2.24) is 5.32 Å². The molecule has 88 valence electrons. The molecule has 0 radical (unpaired) electrons. The molecule has 0 spiro atoms. The van der Waals surface area contributed by atoms with Gasteiger partial charge in [-0.25, -0.2) is 0 Å². The number of rotatable bonds is 4. The van der Waals surface area contributed by atoms with Gasteiger partial charge >= 0.3 is 0 Å². The number of ether oxygens (including phenoxy) is 1. The Morgan fingerprint density at radius 2 is 1.94 bits per heavy atom. The molecule has 4 nitrogen and oxygen atoms in total. The van der Waals surface area contributed by atoms with Crippen molar-refractivity contribution in [3.63, 3.8) is 0 Å². The average molecular weight is 223 g/mol. The normalized spacial score (nSPS) is 11.0. The minimum absolute atomic E-state index is 0.386. The van der Waals surface area contributed by atoms with Gasteiger partial charge in [0.1, 0.15) is 11.4 Å². The van der Waals surface area contributed by atoms with Crippen molar-refractivity contribution in [1.29, 1.82) is 0 Å². The molecular weight excluding hydrogens is 206 g/mol. The fraction of sp³-hybridized carbons (Fsp3) is 0.417. The van der Waals surface area contributed by atoms with E-state index in [-0.39, 0.29) is 5.91 Å². The topological polar surface area (TPSA) is 58.6 Å². The van der Waals surface area contributed by atoms with Gasteiger partial charge in [-0.1, -0.05) is 12.1 Å². The number of nitrogens with one attached hydrogen (secondary N) is 1. The highest BCUT2D eigenvalue weighted by Crippen LogP contribution is 2.11. The van der Waals surface area contributed by atoms with Gasteiger partial charge in [-0.15, -0.1) is 0 Å². The molecule has 0 unspecified atom stereocenters. The summed E-state index contributed by atoms with van der Waals surface area (Å²) in [6.07, 6.45) is 0. The Labute approximate surface area is 95.2 Å². The predicted molar refractivity (Wildman–Crippen MR) is 61.1 cm³/mol. The summed E-state index contributed by atoms with van der Waals surface area (Å²) in [6, 6.07) is 7.38. The second-order valence-corrected chi connectivity index (χ2v) is 4.09. The van der Waals surface area contributed by atoms with Crippen molar-refractivity contribution in [2.45, 2.75) is 26.0 Å². The molecule has 1 amide bonds. The van der Waals surface area contributed by atoms with Gasteiger partial charge in [0.05, 0.1) is 7.11 Å². The van der Waals surface area contributed by atoms with E-state index in [2.05, 4.69) is 5.32 Å². The first-order valence-corrected chi connectivity index (χ1v) is 5.07. The van der Waals surface area contributed by atoms with Crippen molar-refractivity contribution in [2.24, 2.45) is 0 Å². The molecule has 0 heterocycles. The first kappa shape index (κ1) is 12.5. The van der Waals surface area contributed by atoms with Crippen LogP contribution in [0.4, 0.5) is 0 Å². The fourth-order valence-corrected chi connectivity index (χ4v) is 1.14. The quantitative estimate of drug-likeness (QED) is 0.803. The smallest absolute Gasteiger partial charge is 0.251 e. The van der Waals surface area contributed by atoms with E-state index >= 15 is 0 Å². The number of aliphatic hydroxyl groups is 1. The van der Waals surface area contributed by atoms with Crippen molar-refractivity contribution in [2.75, 3.05) is 7.11 Å². The van der Waals surface area contributed by atoms with Crippen LogP contribution in [0.1, 0.15) is 19.4 Å². The van der Waals surface area contributed by atoms with Crippen LogP contribution in [-0.2, 0) is 11.3 Å². The third kappa shape index (κ3) is 3.55. The van der Waals surface area contributed by atoms with E-state index in [0.717, 1.165) is 11.3 Å². The number of hydrogen-bond donors (Lipinski definition) is 2. The van der Waals surface area contributed by atoms with Crippen molar-refractivity contribution >= 4 is 5.91 Å². The molecule has 0 aliphatic carbocycles. The number of methoxy groups -OCH3 is 1. The van der Waals surface area contributed by atoms with E-state index in [1.807, 2.05) is 24.3 Å². The second kappa shape index (κ2) is 4.99. The molecule has 1 aromatic rings. The molecule has 0 bridgehead atoms. The second-order valence-electron chi connectivity index (χ2n) is 4.09. The zero-order chi connectivity index (χ0) is 12.2. The van der Waals surface area contributed by atoms with Crippen LogP contribution >= 0.6 is 0 Å². The highest BCUT2D eigenvalue weighted by molar-refractivity contribution is 5.83. The van der Waals surface area contributed by atoms with Crippen LogP contribution in [0.25, 0.3) is 0 Å². The number of amides is 1. The summed E-state index contributed by atoms with van der Waals surface area (Å²) in [7, 11) is 1.60. The lowest BCUT2D eigenvalue weighted by Gasteiger charge is -2.16. The van der Waals surface area contributed by atoms with E-state index in [9.17, 15) is 9.90 Å². The molecular formula is C12H17NO3. The molecule has 0 aromatic heterocycles. The molecule has 2 N–H and O–H groups in total. The first-order valence-electron chi connectivity index (χ1n) is 5.07. The van der Waals surface area contributed by atoms with Gasteiger partial charge < -0.3 is 15.2 Å². The van der Waals surface area contributed by atoms with Gasteiger partial charge in [-0.3, -0.25) is 4.79 Å². The van der Waals surface area contributed by atoms with Crippen LogP contribution in [-0.4, -0.2) is 23.7 Å². The van der Waals surface area contributed by atoms with Crippen LogP contribution in [0.5, 0.6) is 5.75 Å². The van der Waals surface area contributed by atoms with Gasteiger partial charge in [0, 0.05) is 6.54 Å². The summed E-state index contributed by atoms with van der Waals surface area (Å²) in [6.45, 7) is 3.31. The van der Waals surface area contributed by atoms with E-state index in [1.54, 1.807) is 7.11 Å². The van der Waals surface area contributed by atoms with Gasteiger partial charge in [-0.05, 0) is 31.5 Å². The number of benzene rings is 1. The minimum atomic E-state index is -1.34. The van der Waals surface area contributed by atoms with Crippen molar-refractivity contribution in [3.05, 3.63) is 29.8 Å². The van der Waals surface area contributed by atoms with E-state index < -0.39 is 5.60 Å². The molecule has 0 aliphatic rings. The zero-order valence-electron chi connectivity index (χ0n) is 9.78. The Morgan fingerprint density at radius 1 is 1.38 bits per heavy atom. The summed E-state index contributed by atoms with van der Waals surface area (Å²) in [5.41, 5.74) is -0.384. The molecule has 0 saturated heterocycles. The lowest BCUT2D eigenvalue weighted by atomic mass is 10.1. The molecule has 1 aromatic carbocycles. The Bertz CT molecular complexity index is 352. The summed E-state index contributed by atoms with van der Waals surface area (Å²) < 4.78 is 5.02. The molecule has 0 aliphatic heterocycles. The summed E-state index contributed by atoms with van der Waals surface area (Å²) >= 11 is 0. The highest BCUT2D eigenvalue weighted by Gasteiger charge is 2.22. The molecule has 1 rings (SSSR count). The first-order chi connectivity index (χ1) is 7.43. The number of carbonyl (C=O) groups excluding carboxylic acids is 1. The van der Waals surface area contributed by atoms with E-state index in [0.29, 0.717) is 6.54 Å². The van der Waals surface area contributed by atoms with Crippen molar-refractivity contribution in [3.8, 4) is 5.75 Å². The molecule has 0 saturated carbocycles. The highest BCUT2D eigenvalue weighted by atomic mass is 16.5. The molecule has 0 atom stereocenters. The van der Waals surface area contributed by atoms with Crippen molar-refractivity contribution < 1.29 is 14.6 Å². The minimum Gasteiger partial charge on any atom is -0.497 e. The zero-order valence-corrected chi connectivity index (χ0v) is 9.78. The maximum absolute atomic E-state index is 11.4. The van der Waals surface area contributed by atoms with Crippen LogP contribution in [0.15, 0.2) is 24.3 Å². The van der Waals surface area contributed by atoms with E-state index in [4.69, 9.17) is 4.74 Å².